The summed E-state index contributed by atoms with van der Waals surface area (Å²) in [6.07, 6.45) is 4.20. The Hall–Kier alpha value is -2.09. The van der Waals surface area contributed by atoms with Crippen LogP contribution in [0.15, 0.2) is 54.9 Å². The van der Waals surface area contributed by atoms with Gasteiger partial charge in [-0.3, -0.25) is 4.57 Å². The summed E-state index contributed by atoms with van der Waals surface area (Å²) >= 11 is 0. The van der Waals surface area contributed by atoms with Gasteiger partial charge in [0, 0.05) is 5.69 Å². The van der Waals surface area contributed by atoms with Crippen molar-refractivity contribution in [3.63, 3.8) is 0 Å². The van der Waals surface area contributed by atoms with Gasteiger partial charge in [-0.1, -0.05) is 51.5 Å². The fourth-order valence-corrected chi connectivity index (χ4v) is 2.06. The fraction of sp³-hybridized carbons (Fsp3) is 0.278. The highest BCUT2D eigenvalue weighted by atomic mass is 15.0. The van der Waals surface area contributed by atoms with E-state index in [-0.39, 0.29) is 0 Å². The van der Waals surface area contributed by atoms with Crippen molar-refractivity contribution >= 4 is 11.0 Å². The van der Waals surface area contributed by atoms with Gasteiger partial charge >= 0.3 is 0 Å². The van der Waals surface area contributed by atoms with Crippen LogP contribution < -0.4 is 0 Å². The van der Waals surface area contributed by atoms with Gasteiger partial charge in [-0.15, -0.1) is 0 Å². The molecule has 0 aliphatic carbocycles. The number of hydrogen-bond donors (Lipinski definition) is 0. The summed E-state index contributed by atoms with van der Waals surface area (Å²) in [5, 5.41) is 0. The maximum Gasteiger partial charge on any atom is 0.100 e. The molecule has 0 saturated carbocycles. The number of imidazole rings is 1. The summed E-state index contributed by atoms with van der Waals surface area (Å²) in [5.74, 6) is 0. The van der Waals surface area contributed by atoms with Gasteiger partial charge in [0.15, 0.2) is 0 Å². The zero-order valence-electron chi connectivity index (χ0n) is 12.5. The third-order valence-electron chi connectivity index (χ3n) is 3.08. The summed E-state index contributed by atoms with van der Waals surface area (Å²) < 4.78 is 2.12. The van der Waals surface area contributed by atoms with Crippen LogP contribution in [-0.2, 0) is 6.42 Å². The molecule has 3 rings (SSSR count). The smallest absolute Gasteiger partial charge is 0.100 e. The van der Waals surface area contributed by atoms with Crippen LogP contribution in [0.25, 0.3) is 16.7 Å². The van der Waals surface area contributed by atoms with E-state index in [2.05, 4.69) is 60.7 Å². The number of benzene rings is 2. The average molecular weight is 266 g/mol. The van der Waals surface area contributed by atoms with Crippen molar-refractivity contribution in [2.24, 2.45) is 0 Å². The van der Waals surface area contributed by atoms with Crippen molar-refractivity contribution in [1.82, 2.24) is 9.55 Å². The van der Waals surface area contributed by atoms with Crippen LogP contribution in [0.5, 0.6) is 0 Å². The average Bonchev–Trinajstić information content (AvgIpc) is 2.92. The summed E-state index contributed by atoms with van der Waals surface area (Å²) in [5.41, 5.74) is 4.71. The molecule has 2 aromatic carbocycles. The van der Waals surface area contributed by atoms with Crippen LogP contribution in [0.2, 0.25) is 0 Å². The Balaban J connectivity index is 0.000000452. The SMILES string of the molecule is CCC.CCc1ccc(-n2cnc3ccccc32)cc1. The molecule has 2 nitrogen and oxygen atoms in total. The van der Waals surface area contributed by atoms with E-state index in [4.69, 9.17) is 0 Å². The number of aryl methyl sites for hydroxylation is 1. The van der Waals surface area contributed by atoms with E-state index in [1.54, 1.807) is 0 Å². The Morgan fingerprint density at radius 2 is 1.55 bits per heavy atom. The monoisotopic (exact) mass is 266 g/mol. The Kier molecular flexibility index (Phi) is 4.94. The minimum absolute atomic E-state index is 1.03. The maximum atomic E-state index is 4.40. The lowest BCUT2D eigenvalue weighted by Gasteiger charge is -2.05. The molecule has 0 atom stereocenters. The molecule has 0 fully saturated rings. The number of nitrogens with zero attached hydrogens (tertiary/aromatic N) is 2. The molecule has 0 aliphatic heterocycles. The van der Waals surface area contributed by atoms with Crippen molar-refractivity contribution in [3.8, 4) is 5.69 Å². The largest absolute Gasteiger partial charge is 0.299 e. The lowest BCUT2D eigenvalue weighted by molar-refractivity contribution is 1.08. The van der Waals surface area contributed by atoms with Crippen LogP contribution in [0.1, 0.15) is 32.8 Å². The van der Waals surface area contributed by atoms with E-state index in [1.807, 2.05) is 24.5 Å². The zero-order chi connectivity index (χ0) is 14.4. The molecule has 2 heteroatoms. The minimum Gasteiger partial charge on any atom is -0.299 e. The van der Waals surface area contributed by atoms with Gasteiger partial charge in [-0.2, -0.15) is 0 Å². The molecule has 0 N–H and O–H groups in total. The standard InChI is InChI=1S/C15H14N2.C3H8/c1-2-12-7-9-13(10-8-12)17-11-16-14-5-3-4-6-15(14)17;1-3-2/h3-11H,2H2,1H3;3H2,1-2H3. The second-order valence-electron chi connectivity index (χ2n) is 4.83. The van der Waals surface area contributed by atoms with Gasteiger partial charge in [-0.05, 0) is 36.2 Å². The lowest BCUT2D eigenvalue weighted by atomic mass is 10.1. The highest BCUT2D eigenvalue weighted by molar-refractivity contribution is 5.77. The summed E-state index contributed by atoms with van der Waals surface area (Å²) in [6.45, 7) is 6.42. The second kappa shape index (κ2) is 6.90. The second-order valence-corrected chi connectivity index (χ2v) is 4.83. The molecule has 3 aromatic rings. The molecule has 0 aliphatic rings. The van der Waals surface area contributed by atoms with Gasteiger partial charge in [0.05, 0.1) is 11.0 Å². The first-order valence-electron chi connectivity index (χ1n) is 7.31. The zero-order valence-corrected chi connectivity index (χ0v) is 12.5. The molecule has 0 amide bonds. The van der Waals surface area contributed by atoms with Crippen molar-refractivity contribution in [1.29, 1.82) is 0 Å². The van der Waals surface area contributed by atoms with E-state index < -0.39 is 0 Å². The predicted octanol–water partition coefficient (Wildman–Crippen LogP) is 5.00. The number of rotatable bonds is 2. The van der Waals surface area contributed by atoms with Crippen molar-refractivity contribution < 1.29 is 0 Å². The van der Waals surface area contributed by atoms with Gasteiger partial charge in [-0.25, -0.2) is 4.98 Å². The van der Waals surface area contributed by atoms with Crippen LogP contribution >= 0.6 is 0 Å². The Morgan fingerprint density at radius 1 is 0.900 bits per heavy atom. The summed E-state index contributed by atoms with van der Waals surface area (Å²) in [6, 6.07) is 16.8. The molecule has 0 bridgehead atoms. The molecule has 1 heterocycles. The maximum absolute atomic E-state index is 4.40. The molecule has 104 valence electrons. The number of para-hydroxylation sites is 2. The van der Waals surface area contributed by atoms with Crippen LogP contribution in [0.4, 0.5) is 0 Å². The molecule has 0 radical (unpaired) electrons. The molecule has 0 unspecified atom stereocenters. The van der Waals surface area contributed by atoms with E-state index in [1.165, 1.54) is 12.0 Å². The summed E-state index contributed by atoms with van der Waals surface area (Å²) in [7, 11) is 0. The normalized spacial score (nSPS) is 10.2. The third kappa shape index (κ3) is 3.08. The van der Waals surface area contributed by atoms with Crippen molar-refractivity contribution in [3.05, 3.63) is 60.4 Å². The highest BCUT2D eigenvalue weighted by Crippen LogP contribution is 2.18. The number of aromatic nitrogens is 2. The van der Waals surface area contributed by atoms with Crippen LogP contribution in [-0.4, -0.2) is 9.55 Å². The Bertz CT molecular complexity index is 650. The first-order valence-corrected chi connectivity index (χ1v) is 7.31. The van der Waals surface area contributed by atoms with E-state index in [0.29, 0.717) is 0 Å². The molecule has 0 spiro atoms. The lowest BCUT2D eigenvalue weighted by Crippen LogP contribution is -1.92. The van der Waals surface area contributed by atoms with E-state index in [0.717, 1.165) is 23.1 Å². The van der Waals surface area contributed by atoms with Gasteiger partial charge in [0.2, 0.25) is 0 Å². The van der Waals surface area contributed by atoms with Gasteiger partial charge in [0.1, 0.15) is 6.33 Å². The fourth-order valence-electron chi connectivity index (χ4n) is 2.06. The number of hydrogen-bond acceptors (Lipinski definition) is 1. The topological polar surface area (TPSA) is 17.8 Å². The first-order chi connectivity index (χ1) is 9.80. The Morgan fingerprint density at radius 3 is 2.20 bits per heavy atom. The van der Waals surface area contributed by atoms with E-state index >= 15 is 0 Å². The highest BCUT2D eigenvalue weighted by Gasteiger charge is 2.02. The quantitative estimate of drug-likeness (QED) is 0.638. The third-order valence-corrected chi connectivity index (χ3v) is 3.08. The van der Waals surface area contributed by atoms with Gasteiger partial charge in [0.25, 0.3) is 0 Å². The van der Waals surface area contributed by atoms with Crippen molar-refractivity contribution in [2.75, 3.05) is 0 Å². The molecule has 1 aromatic heterocycles. The van der Waals surface area contributed by atoms with Crippen LogP contribution in [0, 0.1) is 0 Å². The number of fused-ring (bicyclic) bond motifs is 1. The van der Waals surface area contributed by atoms with Crippen molar-refractivity contribution in [2.45, 2.75) is 33.6 Å². The molecule has 0 saturated heterocycles. The Labute approximate surface area is 121 Å². The minimum atomic E-state index is 1.03. The van der Waals surface area contributed by atoms with E-state index in [9.17, 15) is 0 Å². The van der Waals surface area contributed by atoms with Gasteiger partial charge < -0.3 is 0 Å². The molecular formula is C18H22N2. The van der Waals surface area contributed by atoms with Crippen LogP contribution in [0.3, 0.4) is 0 Å². The summed E-state index contributed by atoms with van der Waals surface area (Å²) in [4.78, 5) is 4.40. The predicted molar refractivity (Wildman–Crippen MR) is 86.4 cm³/mol. The first kappa shape index (κ1) is 14.3. The molecule has 20 heavy (non-hydrogen) atoms. The molecular weight excluding hydrogens is 244 g/mol.